The fourth-order valence-electron chi connectivity index (χ4n) is 2.04. The van der Waals surface area contributed by atoms with Gasteiger partial charge < -0.3 is 11.1 Å². The summed E-state index contributed by atoms with van der Waals surface area (Å²) in [5.41, 5.74) is 6.11. The Bertz CT molecular complexity index is 476. The zero-order chi connectivity index (χ0) is 13.3. The SMILES string of the molecule is CC(CN)(NC(=O)c1cc(Cl)ccc1I)C1CC1. The first-order valence-corrected chi connectivity index (χ1v) is 7.39. The fraction of sp³-hybridized carbons (Fsp3) is 0.462. The number of benzene rings is 1. The predicted octanol–water partition coefficient (Wildman–Crippen LogP) is 2.80. The van der Waals surface area contributed by atoms with Gasteiger partial charge >= 0.3 is 0 Å². The van der Waals surface area contributed by atoms with Crippen molar-refractivity contribution in [1.82, 2.24) is 5.32 Å². The Morgan fingerprint density at radius 1 is 1.61 bits per heavy atom. The number of carbonyl (C=O) groups is 1. The maximum absolute atomic E-state index is 12.3. The first kappa shape index (κ1) is 14.1. The van der Waals surface area contributed by atoms with Crippen LogP contribution in [-0.4, -0.2) is 18.0 Å². The minimum Gasteiger partial charge on any atom is -0.345 e. The van der Waals surface area contributed by atoms with Crippen LogP contribution in [0.1, 0.15) is 30.1 Å². The van der Waals surface area contributed by atoms with Crippen LogP contribution in [0, 0.1) is 9.49 Å². The number of amides is 1. The lowest BCUT2D eigenvalue weighted by molar-refractivity contribution is 0.0897. The molecule has 0 aromatic heterocycles. The average Bonchev–Trinajstić information content (AvgIpc) is 3.16. The molecule has 1 aromatic rings. The summed E-state index contributed by atoms with van der Waals surface area (Å²) < 4.78 is 0.893. The van der Waals surface area contributed by atoms with Crippen LogP contribution in [0.5, 0.6) is 0 Å². The highest BCUT2D eigenvalue weighted by Crippen LogP contribution is 2.39. The topological polar surface area (TPSA) is 55.1 Å². The Morgan fingerprint density at radius 3 is 2.83 bits per heavy atom. The minimum absolute atomic E-state index is 0.0956. The molecule has 1 aromatic carbocycles. The second-order valence-corrected chi connectivity index (χ2v) is 6.57. The average molecular weight is 379 g/mol. The van der Waals surface area contributed by atoms with E-state index in [0.29, 0.717) is 23.0 Å². The van der Waals surface area contributed by atoms with Crippen molar-refractivity contribution in [3.8, 4) is 0 Å². The molecule has 1 saturated carbocycles. The highest BCUT2D eigenvalue weighted by molar-refractivity contribution is 14.1. The molecule has 1 atom stereocenters. The van der Waals surface area contributed by atoms with E-state index >= 15 is 0 Å². The van der Waals surface area contributed by atoms with Gasteiger partial charge in [0.2, 0.25) is 0 Å². The molecular weight excluding hydrogens is 363 g/mol. The molecule has 3 N–H and O–H groups in total. The molecule has 1 unspecified atom stereocenters. The molecule has 0 aliphatic heterocycles. The van der Waals surface area contributed by atoms with Gasteiger partial charge in [-0.1, -0.05) is 11.6 Å². The molecule has 98 valence electrons. The van der Waals surface area contributed by atoms with E-state index in [1.165, 1.54) is 0 Å². The molecule has 0 spiro atoms. The smallest absolute Gasteiger partial charge is 0.252 e. The highest BCUT2D eigenvalue weighted by atomic mass is 127. The normalized spacial score (nSPS) is 18.2. The van der Waals surface area contributed by atoms with E-state index < -0.39 is 0 Å². The molecule has 1 fully saturated rings. The summed E-state index contributed by atoms with van der Waals surface area (Å²) in [7, 11) is 0. The van der Waals surface area contributed by atoms with Gasteiger partial charge in [0, 0.05) is 15.1 Å². The first-order chi connectivity index (χ1) is 8.46. The van der Waals surface area contributed by atoms with Gasteiger partial charge in [0.05, 0.1) is 11.1 Å². The van der Waals surface area contributed by atoms with Crippen molar-refractivity contribution >= 4 is 40.1 Å². The molecule has 0 radical (unpaired) electrons. The summed E-state index contributed by atoms with van der Waals surface area (Å²) in [5, 5.41) is 3.63. The van der Waals surface area contributed by atoms with E-state index in [1.807, 2.05) is 13.0 Å². The summed E-state index contributed by atoms with van der Waals surface area (Å²) in [6.45, 7) is 2.47. The lowest BCUT2D eigenvalue weighted by Crippen LogP contribution is -2.53. The van der Waals surface area contributed by atoms with E-state index in [-0.39, 0.29) is 11.4 Å². The maximum atomic E-state index is 12.3. The number of nitrogens with one attached hydrogen (secondary N) is 1. The van der Waals surface area contributed by atoms with Crippen LogP contribution >= 0.6 is 34.2 Å². The van der Waals surface area contributed by atoms with Crippen molar-refractivity contribution in [2.45, 2.75) is 25.3 Å². The van der Waals surface area contributed by atoms with Gasteiger partial charge in [-0.3, -0.25) is 4.79 Å². The van der Waals surface area contributed by atoms with E-state index in [4.69, 9.17) is 17.3 Å². The maximum Gasteiger partial charge on any atom is 0.252 e. The van der Waals surface area contributed by atoms with Gasteiger partial charge in [-0.15, -0.1) is 0 Å². The first-order valence-electron chi connectivity index (χ1n) is 5.94. The predicted molar refractivity (Wildman–Crippen MR) is 81.8 cm³/mol. The number of rotatable bonds is 4. The van der Waals surface area contributed by atoms with Gasteiger partial charge in [0.1, 0.15) is 0 Å². The lowest BCUT2D eigenvalue weighted by atomic mass is 9.95. The summed E-state index contributed by atoms with van der Waals surface area (Å²) >= 11 is 8.07. The van der Waals surface area contributed by atoms with Crippen molar-refractivity contribution in [3.05, 3.63) is 32.4 Å². The second-order valence-electron chi connectivity index (χ2n) is 4.97. The van der Waals surface area contributed by atoms with Crippen LogP contribution in [0.4, 0.5) is 0 Å². The molecule has 1 aliphatic carbocycles. The van der Waals surface area contributed by atoms with Crippen LogP contribution in [0.2, 0.25) is 5.02 Å². The third-order valence-corrected chi connectivity index (χ3v) is 4.65. The van der Waals surface area contributed by atoms with Gasteiger partial charge in [-0.2, -0.15) is 0 Å². The van der Waals surface area contributed by atoms with E-state index in [0.717, 1.165) is 16.4 Å². The summed E-state index contributed by atoms with van der Waals surface area (Å²) in [6.07, 6.45) is 2.28. The number of nitrogens with two attached hydrogens (primary N) is 1. The van der Waals surface area contributed by atoms with E-state index in [2.05, 4.69) is 27.9 Å². The minimum atomic E-state index is -0.303. The zero-order valence-corrected chi connectivity index (χ0v) is 13.1. The van der Waals surface area contributed by atoms with Crippen molar-refractivity contribution in [3.63, 3.8) is 0 Å². The standard InChI is InChI=1S/C13H16ClIN2O/c1-13(7-16,8-2-3-8)17-12(18)10-6-9(14)4-5-11(10)15/h4-6,8H,2-3,7,16H2,1H3,(H,17,18). The Labute approximate surface area is 126 Å². The third kappa shape index (κ3) is 2.97. The van der Waals surface area contributed by atoms with Crippen molar-refractivity contribution < 1.29 is 4.79 Å². The number of halogens is 2. The molecule has 2 rings (SSSR count). The number of hydrogen-bond donors (Lipinski definition) is 2. The lowest BCUT2D eigenvalue weighted by Gasteiger charge is -2.29. The van der Waals surface area contributed by atoms with Gasteiger partial charge in [0.25, 0.3) is 5.91 Å². The summed E-state index contributed by atoms with van der Waals surface area (Å²) in [6, 6.07) is 5.32. The van der Waals surface area contributed by atoms with Gasteiger partial charge in [-0.05, 0) is 66.5 Å². The van der Waals surface area contributed by atoms with E-state index in [9.17, 15) is 4.79 Å². The Kier molecular flexibility index (Phi) is 4.18. The zero-order valence-electron chi connectivity index (χ0n) is 10.2. The number of hydrogen-bond acceptors (Lipinski definition) is 2. The van der Waals surface area contributed by atoms with Crippen LogP contribution in [-0.2, 0) is 0 Å². The summed E-state index contributed by atoms with van der Waals surface area (Å²) in [4.78, 5) is 12.3. The highest BCUT2D eigenvalue weighted by Gasteiger charge is 2.41. The molecule has 0 saturated heterocycles. The summed E-state index contributed by atoms with van der Waals surface area (Å²) in [5.74, 6) is 0.407. The van der Waals surface area contributed by atoms with Crippen molar-refractivity contribution in [2.24, 2.45) is 11.7 Å². The Morgan fingerprint density at radius 2 is 2.28 bits per heavy atom. The third-order valence-electron chi connectivity index (χ3n) is 3.47. The van der Waals surface area contributed by atoms with Crippen LogP contribution < -0.4 is 11.1 Å². The fourth-order valence-corrected chi connectivity index (χ4v) is 2.79. The molecular formula is C13H16ClIN2O. The second kappa shape index (κ2) is 5.35. The molecule has 1 aliphatic rings. The Hall–Kier alpha value is -0.330. The van der Waals surface area contributed by atoms with Gasteiger partial charge in [-0.25, -0.2) is 0 Å². The molecule has 0 heterocycles. The molecule has 3 nitrogen and oxygen atoms in total. The van der Waals surface area contributed by atoms with Crippen LogP contribution in [0.3, 0.4) is 0 Å². The molecule has 5 heteroatoms. The quantitative estimate of drug-likeness (QED) is 0.792. The molecule has 1 amide bonds. The largest absolute Gasteiger partial charge is 0.345 e. The van der Waals surface area contributed by atoms with E-state index in [1.54, 1.807) is 12.1 Å². The number of carbonyl (C=O) groups excluding carboxylic acids is 1. The Balaban J connectivity index is 2.18. The van der Waals surface area contributed by atoms with Crippen molar-refractivity contribution in [1.29, 1.82) is 0 Å². The molecule has 0 bridgehead atoms. The monoisotopic (exact) mass is 378 g/mol. The van der Waals surface area contributed by atoms with Crippen LogP contribution in [0.25, 0.3) is 0 Å². The van der Waals surface area contributed by atoms with Gasteiger partial charge in [0.15, 0.2) is 0 Å². The van der Waals surface area contributed by atoms with Crippen LogP contribution in [0.15, 0.2) is 18.2 Å². The van der Waals surface area contributed by atoms with Crippen molar-refractivity contribution in [2.75, 3.05) is 6.54 Å². The molecule has 18 heavy (non-hydrogen) atoms.